The van der Waals surface area contributed by atoms with Gasteiger partial charge in [-0.15, -0.1) is 0 Å². The van der Waals surface area contributed by atoms with Gasteiger partial charge in [-0.25, -0.2) is 0 Å². The van der Waals surface area contributed by atoms with E-state index in [1.807, 2.05) is 0 Å². The van der Waals surface area contributed by atoms with Gasteiger partial charge in [0.15, 0.2) is 0 Å². The van der Waals surface area contributed by atoms with E-state index in [9.17, 15) is 0 Å². The molecule has 0 aromatic rings. The smallest absolute Gasteiger partial charge is 2.00 e. The summed E-state index contributed by atoms with van der Waals surface area (Å²) in [5.41, 5.74) is 0. The molecule has 0 spiro atoms. The van der Waals surface area contributed by atoms with Crippen molar-refractivity contribution in [1.29, 1.82) is 0 Å². The van der Waals surface area contributed by atoms with Gasteiger partial charge in [-0.3, -0.25) is 0 Å². The molecular weight excluding hydrogens is 102 g/mol. The van der Waals surface area contributed by atoms with Crippen LogP contribution in [0.3, 0.4) is 0 Å². The Bertz CT molecular complexity index is 7.61. The zero-order valence-electron chi connectivity index (χ0n) is 3.17. The summed E-state index contributed by atoms with van der Waals surface area (Å²) in [6, 6.07) is 0. The van der Waals surface area contributed by atoms with Gasteiger partial charge >= 0.3 is 54.8 Å². The van der Waals surface area contributed by atoms with E-state index in [-0.39, 0.29) is 65.7 Å². The standard InChI is InChI=1S/Fe.2Li.2O/q+2;2*+1;2*-2. The van der Waals surface area contributed by atoms with Crippen LogP contribution < -0.4 is 37.7 Å². The van der Waals surface area contributed by atoms with Crippen molar-refractivity contribution in [2.45, 2.75) is 0 Å². The number of rotatable bonds is 0. The van der Waals surface area contributed by atoms with E-state index in [2.05, 4.69) is 0 Å². The van der Waals surface area contributed by atoms with Gasteiger partial charge in [-0.05, 0) is 0 Å². The molecule has 5 heteroatoms. The first-order valence-corrected chi connectivity index (χ1v) is 0. The molecule has 0 saturated heterocycles. The fourth-order valence-electron chi connectivity index (χ4n) is 0. The summed E-state index contributed by atoms with van der Waals surface area (Å²) in [5, 5.41) is 0. The maximum atomic E-state index is 0. The minimum absolute atomic E-state index is 0. The molecule has 0 aliphatic rings. The predicted octanol–water partition coefficient (Wildman–Crippen LogP) is -6.23. The Labute approximate surface area is 65.5 Å². The third-order valence-corrected chi connectivity index (χ3v) is 0. The average molecular weight is 102 g/mol. The first-order valence-electron chi connectivity index (χ1n) is 0. The second-order valence-electron chi connectivity index (χ2n) is 0. The first kappa shape index (κ1) is 78.9. The van der Waals surface area contributed by atoms with Crippen LogP contribution in [0.1, 0.15) is 0 Å². The molecule has 0 bridgehead atoms. The Morgan fingerprint density at radius 3 is 0.600 bits per heavy atom. The van der Waals surface area contributed by atoms with E-state index in [4.69, 9.17) is 0 Å². The Balaban J connectivity index is 0. The van der Waals surface area contributed by atoms with E-state index < -0.39 is 0 Å². The Morgan fingerprint density at radius 2 is 0.600 bits per heavy atom. The molecule has 0 rings (SSSR count). The van der Waals surface area contributed by atoms with Crippen LogP contribution in [0.2, 0.25) is 0 Å². The second kappa shape index (κ2) is 45.3. The summed E-state index contributed by atoms with van der Waals surface area (Å²) >= 11 is 0. The minimum atomic E-state index is 0. The van der Waals surface area contributed by atoms with Crippen LogP contribution in [0.5, 0.6) is 0 Å². The maximum absolute atomic E-state index is 0. The molecule has 0 heterocycles. The molecule has 0 aromatic heterocycles. The molecular formula is FeLi2O2. The van der Waals surface area contributed by atoms with Crippen molar-refractivity contribution in [2.75, 3.05) is 0 Å². The van der Waals surface area contributed by atoms with Gasteiger partial charge in [0, 0.05) is 0 Å². The third kappa shape index (κ3) is 27.9. The van der Waals surface area contributed by atoms with E-state index in [1.165, 1.54) is 0 Å². The van der Waals surface area contributed by atoms with Crippen LogP contribution in [-0.4, -0.2) is 0 Å². The topological polar surface area (TPSA) is 57.0 Å². The van der Waals surface area contributed by atoms with Crippen LogP contribution in [0.4, 0.5) is 0 Å². The summed E-state index contributed by atoms with van der Waals surface area (Å²) in [6.45, 7) is 0. The number of hydrogen-bond acceptors (Lipinski definition) is 0. The van der Waals surface area contributed by atoms with Crippen molar-refractivity contribution in [3.05, 3.63) is 0 Å². The molecule has 5 heavy (non-hydrogen) atoms. The van der Waals surface area contributed by atoms with Crippen molar-refractivity contribution < 1.29 is 65.7 Å². The van der Waals surface area contributed by atoms with Crippen LogP contribution in [0.25, 0.3) is 0 Å². The minimum Gasteiger partial charge on any atom is -2.00 e. The van der Waals surface area contributed by atoms with E-state index in [0.29, 0.717) is 0 Å². The fourth-order valence-corrected chi connectivity index (χ4v) is 0. The molecule has 0 unspecified atom stereocenters. The molecule has 0 radical (unpaired) electrons. The van der Waals surface area contributed by atoms with Gasteiger partial charge in [0.05, 0.1) is 0 Å². The summed E-state index contributed by atoms with van der Waals surface area (Å²) in [6.07, 6.45) is 0. The quantitative estimate of drug-likeness (QED) is 0.273. The fraction of sp³-hybridized carbons (Fsp3) is 0. The van der Waals surface area contributed by atoms with E-state index in [0.717, 1.165) is 0 Å². The zero-order chi connectivity index (χ0) is 0. The molecule has 2 nitrogen and oxygen atoms in total. The molecule has 22 valence electrons. The molecule has 0 aliphatic carbocycles. The van der Waals surface area contributed by atoms with Crippen LogP contribution >= 0.6 is 0 Å². The van der Waals surface area contributed by atoms with Gasteiger partial charge in [-0.2, -0.15) is 0 Å². The first-order chi connectivity index (χ1) is 0. The maximum Gasteiger partial charge on any atom is 2.00 e. The van der Waals surface area contributed by atoms with Gasteiger partial charge in [0.2, 0.25) is 0 Å². The van der Waals surface area contributed by atoms with Gasteiger partial charge in [0.1, 0.15) is 0 Å². The largest absolute Gasteiger partial charge is 2.00 e. The molecule has 0 N–H and O–H groups in total. The third-order valence-electron chi connectivity index (χ3n) is 0. The van der Waals surface area contributed by atoms with Crippen LogP contribution in [0, 0.1) is 0 Å². The molecule has 0 fully saturated rings. The van der Waals surface area contributed by atoms with E-state index >= 15 is 0 Å². The monoisotopic (exact) mass is 102 g/mol. The molecule has 0 atom stereocenters. The molecule has 0 saturated carbocycles. The zero-order valence-corrected chi connectivity index (χ0v) is 4.27. The molecule has 0 amide bonds. The van der Waals surface area contributed by atoms with Crippen molar-refractivity contribution in [1.82, 2.24) is 0 Å². The predicted molar refractivity (Wildman–Crippen MR) is 1.37 cm³/mol. The summed E-state index contributed by atoms with van der Waals surface area (Å²) in [5.74, 6) is 0. The van der Waals surface area contributed by atoms with Gasteiger partial charge in [-0.1, -0.05) is 0 Å². The Hall–Kier alpha value is 1.63. The van der Waals surface area contributed by atoms with Crippen molar-refractivity contribution >= 4 is 0 Å². The molecule has 0 aromatic carbocycles. The summed E-state index contributed by atoms with van der Waals surface area (Å²) in [7, 11) is 0. The van der Waals surface area contributed by atoms with Crippen molar-refractivity contribution in [3.63, 3.8) is 0 Å². The van der Waals surface area contributed by atoms with E-state index in [1.54, 1.807) is 0 Å². The SMILES string of the molecule is [Fe+2].[Li+].[Li+].[O-2].[O-2]. The van der Waals surface area contributed by atoms with Crippen LogP contribution in [-0.2, 0) is 28.0 Å². The Morgan fingerprint density at radius 1 is 0.600 bits per heavy atom. The normalized spacial score (nSPS) is 0. The molecule has 0 aliphatic heterocycles. The summed E-state index contributed by atoms with van der Waals surface area (Å²) in [4.78, 5) is 0. The van der Waals surface area contributed by atoms with Crippen molar-refractivity contribution in [3.8, 4) is 0 Å². The van der Waals surface area contributed by atoms with Gasteiger partial charge < -0.3 is 11.0 Å². The second-order valence-corrected chi connectivity index (χ2v) is 0. The van der Waals surface area contributed by atoms with Crippen LogP contribution in [0.15, 0.2) is 0 Å². The number of hydrogen-bond donors (Lipinski definition) is 0. The van der Waals surface area contributed by atoms with Gasteiger partial charge in [0.25, 0.3) is 0 Å². The Kier molecular flexibility index (Phi) is 714. The van der Waals surface area contributed by atoms with Crippen molar-refractivity contribution in [2.24, 2.45) is 0 Å². The average Bonchev–Trinajstić information content (AvgIpc) is 0. The summed E-state index contributed by atoms with van der Waals surface area (Å²) < 4.78 is 0.